The van der Waals surface area contributed by atoms with Crippen molar-refractivity contribution in [1.29, 1.82) is 0 Å². The number of para-hydroxylation sites is 1. The van der Waals surface area contributed by atoms with E-state index in [-0.39, 0.29) is 11.9 Å². The van der Waals surface area contributed by atoms with E-state index in [0.29, 0.717) is 6.54 Å². The molecule has 0 aliphatic rings. The number of anilines is 1. The van der Waals surface area contributed by atoms with Crippen LogP contribution >= 0.6 is 11.6 Å². The molecular formula is C17H19ClN2O. The second-order valence-electron chi connectivity index (χ2n) is 5.06. The van der Waals surface area contributed by atoms with Crippen LogP contribution in [-0.4, -0.2) is 24.4 Å². The highest BCUT2D eigenvalue weighted by Crippen LogP contribution is 2.20. The smallest absolute Gasteiger partial charge is 0.238 e. The molecule has 110 valence electrons. The molecule has 2 rings (SSSR count). The Bertz CT molecular complexity index is 583. The summed E-state index contributed by atoms with van der Waals surface area (Å²) in [7, 11) is 1.93. The van der Waals surface area contributed by atoms with E-state index in [1.807, 2.05) is 66.5 Å². The Morgan fingerprint density at radius 2 is 1.76 bits per heavy atom. The third kappa shape index (κ3) is 4.59. The number of nitrogens with zero attached hydrogens (tertiary/aromatic N) is 1. The van der Waals surface area contributed by atoms with Crippen LogP contribution in [0.4, 0.5) is 5.69 Å². The fourth-order valence-corrected chi connectivity index (χ4v) is 2.21. The number of likely N-dealkylation sites (N-methyl/N-ethyl adjacent to an activating group) is 1. The summed E-state index contributed by atoms with van der Waals surface area (Å²) < 4.78 is 0. The van der Waals surface area contributed by atoms with E-state index in [1.54, 1.807) is 0 Å². The maximum absolute atomic E-state index is 12.0. The monoisotopic (exact) mass is 302 g/mol. The molecule has 0 aliphatic heterocycles. The molecule has 1 amide bonds. The Balaban J connectivity index is 1.92. The van der Waals surface area contributed by atoms with Crippen LogP contribution in [0, 0.1) is 0 Å². The number of carbonyl (C=O) groups excluding carboxylic acids is 1. The summed E-state index contributed by atoms with van der Waals surface area (Å²) in [4.78, 5) is 14.0. The molecule has 0 fully saturated rings. The molecule has 0 aromatic heterocycles. The maximum atomic E-state index is 12.0. The van der Waals surface area contributed by atoms with Crippen LogP contribution in [0.1, 0.15) is 18.5 Å². The number of hydrogen-bond donors (Lipinski definition) is 1. The predicted molar refractivity (Wildman–Crippen MR) is 87.6 cm³/mol. The van der Waals surface area contributed by atoms with Crippen LogP contribution in [0.3, 0.4) is 0 Å². The highest BCUT2D eigenvalue weighted by molar-refractivity contribution is 6.30. The molecule has 0 saturated carbocycles. The minimum absolute atomic E-state index is 0.0236. The van der Waals surface area contributed by atoms with Gasteiger partial charge in [0.05, 0.1) is 6.54 Å². The van der Waals surface area contributed by atoms with Gasteiger partial charge in [-0.3, -0.25) is 9.69 Å². The van der Waals surface area contributed by atoms with E-state index in [9.17, 15) is 4.79 Å². The molecule has 0 aliphatic carbocycles. The molecule has 0 spiro atoms. The van der Waals surface area contributed by atoms with E-state index in [2.05, 4.69) is 12.2 Å². The van der Waals surface area contributed by atoms with Crippen molar-refractivity contribution in [1.82, 2.24) is 4.90 Å². The molecule has 0 bridgehead atoms. The fraction of sp³-hybridized carbons (Fsp3) is 0.235. The zero-order chi connectivity index (χ0) is 15.2. The summed E-state index contributed by atoms with van der Waals surface area (Å²) in [5.74, 6) is -0.0236. The molecule has 2 aromatic rings. The van der Waals surface area contributed by atoms with Crippen molar-refractivity contribution in [2.24, 2.45) is 0 Å². The number of amides is 1. The van der Waals surface area contributed by atoms with Gasteiger partial charge in [0.15, 0.2) is 0 Å². The highest BCUT2D eigenvalue weighted by atomic mass is 35.5. The second kappa shape index (κ2) is 7.25. The summed E-state index contributed by atoms with van der Waals surface area (Å²) in [6, 6.07) is 17.3. The molecule has 1 N–H and O–H groups in total. The Kier molecular flexibility index (Phi) is 5.37. The lowest BCUT2D eigenvalue weighted by Crippen LogP contribution is -2.32. The van der Waals surface area contributed by atoms with Gasteiger partial charge in [-0.05, 0) is 43.8 Å². The molecule has 21 heavy (non-hydrogen) atoms. The third-order valence-corrected chi connectivity index (χ3v) is 3.72. The number of benzene rings is 2. The van der Waals surface area contributed by atoms with Gasteiger partial charge in [0, 0.05) is 16.8 Å². The summed E-state index contributed by atoms with van der Waals surface area (Å²) in [6.45, 7) is 2.40. The van der Waals surface area contributed by atoms with Gasteiger partial charge < -0.3 is 5.32 Å². The lowest BCUT2D eigenvalue weighted by Gasteiger charge is -2.24. The van der Waals surface area contributed by atoms with Crippen LogP contribution in [0.5, 0.6) is 0 Å². The zero-order valence-corrected chi connectivity index (χ0v) is 13.0. The Labute approximate surface area is 130 Å². The average Bonchev–Trinajstić information content (AvgIpc) is 2.48. The largest absolute Gasteiger partial charge is 0.325 e. The first-order valence-electron chi connectivity index (χ1n) is 6.87. The fourth-order valence-electron chi connectivity index (χ4n) is 2.08. The first-order chi connectivity index (χ1) is 10.1. The number of carbonyl (C=O) groups is 1. The van der Waals surface area contributed by atoms with Crippen LogP contribution in [0.25, 0.3) is 0 Å². The molecule has 4 heteroatoms. The Hall–Kier alpha value is -1.84. The Morgan fingerprint density at radius 1 is 1.14 bits per heavy atom. The van der Waals surface area contributed by atoms with Gasteiger partial charge in [-0.25, -0.2) is 0 Å². The van der Waals surface area contributed by atoms with Gasteiger partial charge in [0.2, 0.25) is 5.91 Å². The summed E-state index contributed by atoms with van der Waals surface area (Å²) in [6.07, 6.45) is 0. The van der Waals surface area contributed by atoms with Crippen molar-refractivity contribution in [3.05, 3.63) is 65.2 Å². The molecule has 2 aromatic carbocycles. The van der Waals surface area contributed by atoms with Crippen molar-refractivity contribution < 1.29 is 4.79 Å². The summed E-state index contributed by atoms with van der Waals surface area (Å²) >= 11 is 5.89. The summed E-state index contributed by atoms with van der Waals surface area (Å²) in [5, 5.41) is 3.60. The minimum atomic E-state index is -0.0236. The zero-order valence-electron chi connectivity index (χ0n) is 12.2. The number of rotatable bonds is 5. The second-order valence-corrected chi connectivity index (χ2v) is 5.49. The number of halogens is 1. The third-order valence-electron chi connectivity index (χ3n) is 3.46. The minimum Gasteiger partial charge on any atom is -0.325 e. The number of hydrogen-bond acceptors (Lipinski definition) is 2. The molecule has 0 heterocycles. The van der Waals surface area contributed by atoms with Crippen LogP contribution in [-0.2, 0) is 4.79 Å². The van der Waals surface area contributed by atoms with Gasteiger partial charge in [-0.15, -0.1) is 0 Å². The quantitative estimate of drug-likeness (QED) is 0.906. The first-order valence-corrected chi connectivity index (χ1v) is 7.24. The van der Waals surface area contributed by atoms with Crippen molar-refractivity contribution in [3.63, 3.8) is 0 Å². The normalized spacial score (nSPS) is 12.2. The van der Waals surface area contributed by atoms with Gasteiger partial charge in [-0.2, -0.15) is 0 Å². The van der Waals surface area contributed by atoms with Gasteiger partial charge in [0.25, 0.3) is 0 Å². The van der Waals surface area contributed by atoms with Crippen LogP contribution < -0.4 is 5.32 Å². The van der Waals surface area contributed by atoms with Gasteiger partial charge in [-0.1, -0.05) is 41.9 Å². The van der Waals surface area contributed by atoms with E-state index < -0.39 is 0 Å². The van der Waals surface area contributed by atoms with E-state index in [0.717, 1.165) is 16.3 Å². The highest BCUT2D eigenvalue weighted by Gasteiger charge is 2.14. The van der Waals surface area contributed by atoms with Crippen LogP contribution in [0.2, 0.25) is 5.02 Å². The summed E-state index contributed by atoms with van der Waals surface area (Å²) in [5.41, 5.74) is 1.95. The molecule has 0 saturated heterocycles. The SMILES string of the molecule is CC(c1ccc(Cl)cc1)N(C)CC(=O)Nc1ccccc1. The van der Waals surface area contributed by atoms with Crippen molar-refractivity contribution >= 4 is 23.2 Å². The standard InChI is InChI=1S/C17H19ClN2O/c1-13(14-8-10-15(18)11-9-14)20(2)12-17(21)19-16-6-4-3-5-7-16/h3-11,13H,12H2,1-2H3,(H,19,21). The van der Waals surface area contributed by atoms with E-state index in [1.165, 1.54) is 0 Å². The molecule has 1 unspecified atom stereocenters. The van der Waals surface area contributed by atoms with Crippen molar-refractivity contribution in [2.45, 2.75) is 13.0 Å². The lowest BCUT2D eigenvalue weighted by molar-refractivity contribution is -0.117. The van der Waals surface area contributed by atoms with Crippen LogP contribution in [0.15, 0.2) is 54.6 Å². The molecule has 3 nitrogen and oxygen atoms in total. The predicted octanol–water partition coefficient (Wildman–Crippen LogP) is 3.97. The molecule has 1 atom stereocenters. The topological polar surface area (TPSA) is 32.3 Å². The van der Waals surface area contributed by atoms with E-state index >= 15 is 0 Å². The average molecular weight is 303 g/mol. The lowest BCUT2D eigenvalue weighted by atomic mass is 10.1. The molecule has 0 radical (unpaired) electrons. The van der Waals surface area contributed by atoms with Gasteiger partial charge >= 0.3 is 0 Å². The first kappa shape index (κ1) is 15.5. The Morgan fingerprint density at radius 3 is 2.38 bits per heavy atom. The molecular weight excluding hydrogens is 284 g/mol. The van der Waals surface area contributed by atoms with Crippen molar-refractivity contribution in [3.8, 4) is 0 Å². The van der Waals surface area contributed by atoms with E-state index in [4.69, 9.17) is 11.6 Å². The number of nitrogens with one attached hydrogen (secondary N) is 1. The maximum Gasteiger partial charge on any atom is 0.238 e. The van der Waals surface area contributed by atoms with Gasteiger partial charge in [0.1, 0.15) is 0 Å². The van der Waals surface area contributed by atoms with Crippen molar-refractivity contribution in [2.75, 3.05) is 18.9 Å².